The van der Waals surface area contributed by atoms with Crippen LogP contribution in [0, 0.1) is 0 Å². The topological polar surface area (TPSA) is 41.1 Å². The van der Waals surface area contributed by atoms with Crippen LogP contribution in [-0.2, 0) is 6.54 Å². The van der Waals surface area contributed by atoms with Gasteiger partial charge in [0, 0.05) is 25.8 Å². The molecule has 1 aliphatic heterocycles. The number of hydrogen-bond acceptors (Lipinski definition) is 4. The highest BCUT2D eigenvalue weighted by Crippen LogP contribution is 2.16. The molecule has 0 aromatic carbocycles. The van der Waals surface area contributed by atoms with E-state index in [0.717, 1.165) is 44.1 Å². The van der Waals surface area contributed by atoms with E-state index in [1.54, 1.807) is 0 Å². The summed E-state index contributed by atoms with van der Waals surface area (Å²) in [4.78, 5) is 11.3. The maximum Gasteiger partial charge on any atom is 0.147 e. The zero-order valence-electron chi connectivity index (χ0n) is 10.7. The quantitative estimate of drug-likeness (QED) is 0.791. The summed E-state index contributed by atoms with van der Waals surface area (Å²) in [6, 6.07) is 0. The molecule has 0 spiro atoms. The Bertz CT molecular complexity index is 334. The molecule has 1 aliphatic rings. The SMILES string of the molecule is CCCNCc1cncc(N2CCCCC2)n1. The van der Waals surface area contributed by atoms with Crippen molar-refractivity contribution in [3.8, 4) is 0 Å². The van der Waals surface area contributed by atoms with Crippen molar-refractivity contribution in [2.75, 3.05) is 24.5 Å². The predicted molar refractivity (Wildman–Crippen MR) is 70.1 cm³/mol. The minimum absolute atomic E-state index is 0.822. The molecule has 0 radical (unpaired) electrons. The third-order valence-corrected chi connectivity index (χ3v) is 3.08. The van der Waals surface area contributed by atoms with Gasteiger partial charge in [-0.2, -0.15) is 0 Å². The van der Waals surface area contributed by atoms with Crippen LogP contribution in [0.5, 0.6) is 0 Å². The van der Waals surface area contributed by atoms with Gasteiger partial charge < -0.3 is 10.2 Å². The van der Waals surface area contributed by atoms with E-state index in [4.69, 9.17) is 0 Å². The molecule has 4 heteroatoms. The Balaban J connectivity index is 1.95. The van der Waals surface area contributed by atoms with E-state index in [9.17, 15) is 0 Å². The molecular weight excluding hydrogens is 212 g/mol. The lowest BCUT2D eigenvalue weighted by molar-refractivity contribution is 0.570. The number of nitrogens with zero attached hydrogens (tertiary/aromatic N) is 3. The number of piperidine rings is 1. The van der Waals surface area contributed by atoms with Crippen molar-refractivity contribution in [2.45, 2.75) is 39.2 Å². The van der Waals surface area contributed by atoms with Crippen LogP contribution in [0.25, 0.3) is 0 Å². The standard InChI is InChI=1S/C13H22N4/c1-2-6-14-9-12-10-15-11-13(16-12)17-7-4-3-5-8-17/h10-11,14H,2-9H2,1H3. The van der Waals surface area contributed by atoms with E-state index in [0.29, 0.717) is 0 Å². The average Bonchev–Trinajstić information content (AvgIpc) is 2.41. The highest BCUT2D eigenvalue weighted by Gasteiger charge is 2.12. The number of aromatic nitrogens is 2. The van der Waals surface area contributed by atoms with Gasteiger partial charge in [-0.15, -0.1) is 0 Å². The van der Waals surface area contributed by atoms with Gasteiger partial charge in [-0.3, -0.25) is 4.98 Å². The molecule has 94 valence electrons. The largest absolute Gasteiger partial charge is 0.355 e. The Labute approximate surface area is 103 Å². The van der Waals surface area contributed by atoms with Crippen LogP contribution in [0.4, 0.5) is 5.82 Å². The maximum absolute atomic E-state index is 4.67. The lowest BCUT2D eigenvalue weighted by atomic mass is 10.1. The first-order valence-corrected chi connectivity index (χ1v) is 6.66. The molecule has 0 amide bonds. The summed E-state index contributed by atoms with van der Waals surface area (Å²) in [6.45, 7) is 6.28. The highest BCUT2D eigenvalue weighted by atomic mass is 15.2. The third-order valence-electron chi connectivity index (χ3n) is 3.08. The number of anilines is 1. The molecule has 0 bridgehead atoms. The third kappa shape index (κ3) is 3.66. The fourth-order valence-corrected chi connectivity index (χ4v) is 2.15. The number of hydrogen-bond donors (Lipinski definition) is 1. The monoisotopic (exact) mass is 234 g/mol. The van der Waals surface area contributed by atoms with Gasteiger partial charge >= 0.3 is 0 Å². The molecule has 4 nitrogen and oxygen atoms in total. The molecule has 1 aromatic rings. The Morgan fingerprint density at radius 2 is 2.06 bits per heavy atom. The molecule has 0 saturated carbocycles. The van der Waals surface area contributed by atoms with Gasteiger partial charge in [0.25, 0.3) is 0 Å². The average molecular weight is 234 g/mol. The smallest absolute Gasteiger partial charge is 0.147 e. The van der Waals surface area contributed by atoms with Gasteiger partial charge in [-0.25, -0.2) is 4.98 Å². The molecule has 0 unspecified atom stereocenters. The van der Waals surface area contributed by atoms with Gasteiger partial charge in [-0.05, 0) is 32.2 Å². The van der Waals surface area contributed by atoms with Gasteiger partial charge in [0.05, 0.1) is 11.9 Å². The Hall–Kier alpha value is -1.16. The van der Waals surface area contributed by atoms with Crippen molar-refractivity contribution >= 4 is 5.82 Å². The van der Waals surface area contributed by atoms with E-state index >= 15 is 0 Å². The first-order valence-electron chi connectivity index (χ1n) is 6.66. The molecule has 1 N–H and O–H groups in total. The fraction of sp³-hybridized carbons (Fsp3) is 0.692. The first kappa shape index (κ1) is 12.3. The van der Waals surface area contributed by atoms with Crippen LogP contribution >= 0.6 is 0 Å². The maximum atomic E-state index is 4.67. The minimum atomic E-state index is 0.822. The second-order valence-corrected chi connectivity index (χ2v) is 4.59. The van der Waals surface area contributed by atoms with Gasteiger partial charge in [0.15, 0.2) is 0 Å². The van der Waals surface area contributed by atoms with Crippen LogP contribution in [0.15, 0.2) is 12.4 Å². The molecule has 1 aromatic heterocycles. The summed E-state index contributed by atoms with van der Waals surface area (Å²) < 4.78 is 0. The van der Waals surface area contributed by atoms with Crippen molar-refractivity contribution < 1.29 is 0 Å². The Morgan fingerprint density at radius 1 is 1.24 bits per heavy atom. The molecule has 17 heavy (non-hydrogen) atoms. The normalized spacial score (nSPS) is 16.2. The summed E-state index contributed by atoms with van der Waals surface area (Å²) in [5.74, 6) is 1.04. The van der Waals surface area contributed by atoms with E-state index in [2.05, 4.69) is 27.1 Å². The summed E-state index contributed by atoms with van der Waals surface area (Å²) in [7, 11) is 0. The van der Waals surface area contributed by atoms with Gasteiger partial charge in [0.2, 0.25) is 0 Å². The van der Waals surface area contributed by atoms with Crippen molar-refractivity contribution in [1.82, 2.24) is 15.3 Å². The van der Waals surface area contributed by atoms with Crippen LogP contribution in [0.3, 0.4) is 0 Å². The molecule has 2 heterocycles. The lowest BCUT2D eigenvalue weighted by Gasteiger charge is -2.27. The second-order valence-electron chi connectivity index (χ2n) is 4.59. The van der Waals surface area contributed by atoms with Crippen LogP contribution in [0.2, 0.25) is 0 Å². The van der Waals surface area contributed by atoms with Gasteiger partial charge in [-0.1, -0.05) is 6.92 Å². The first-order chi connectivity index (χ1) is 8.40. The molecule has 0 atom stereocenters. The van der Waals surface area contributed by atoms with Crippen LogP contribution in [0.1, 0.15) is 38.3 Å². The van der Waals surface area contributed by atoms with E-state index in [1.807, 2.05) is 12.4 Å². The molecule has 0 aliphatic carbocycles. The minimum Gasteiger partial charge on any atom is -0.355 e. The van der Waals surface area contributed by atoms with E-state index in [-0.39, 0.29) is 0 Å². The van der Waals surface area contributed by atoms with Crippen LogP contribution in [-0.4, -0.2) is 29.6 Å². The fourth-order valence-electron chi connectivity index (χ4n) is 2.15. The Kier molecular flexibility index (Phi) is 4.74. The second kappa shape index (κ2) is 6.55. The lowest BCUT2D eigenvalue weighted by Crippen LogP contribution is -2.30. The summed E-state index contributed by atoms with van der Waals surface area (Å²) in [6.07, 6.45) is 8.80. The zero-order valence-corrected chi connectivity index (χ0v) is 10.7. The van der Waals surface area contributed by atoms with Crippen molar-refractivity contribution in [3.05, 3.63) is 18.1 Å². The summed E-state index contributed by atoms with van der Waals surface area (Å²) >= 11 is 0. The number of nitrogens with one attached hydrogen (secondary N) is 1. The van der Waals surface area contributed by atoms with Crippen molar-refractivity contribution in [1.29, 1.82) is 0 Å². The van der Waals surface area contributed by atoms with Gasteiger partial charge in [0.1, 0.15) is 5.82 Å². The predicted octanol–water partition coefficient (Wildman–Crippen LogP) is 1.97. The molecule has 2 rings (SSSR count). The van der Waals surface area contributed by atoms with Crippen molar-refractivity contribution in [3.63, 3.8) is 0 Å². The molecule has 1 saturated heterocycles. The summed E-state index contributed by atoms with van der Waals surface area (Å²) in [5, 5.41) is 3.36. The Morgan fingerprint density at radius 3 is 2.82 bits per heavy atom. The summed E-state index contributed by atoms with van der Waals surface area (Å²) in [5.41, 5.74) is 1.04. The van der Waals surface area contributed by atoms with E-state index < -0.39 is 0 Å². The number of rotatable bonds is 5. The van der Waals surface area contributed by atoms with E-state index in [1.165, 1.54) is 19.3 Å². The molecule has 1 fully saturated rings. The van der Waals surface area contributed by atoms with Crippen molar-refractivity contribution in [2.24, 2.45) is 0 Å². The zero-order chi connectivity index (χ0) is 11.9. The van der Waals surface area contributed by atoms with Crippen LogP contribution < -0.4 is 10.2 Å². The highest BCUT2D eigenvalue weighted by molar-refractivity contribution is 5.36. The molecular formula is C13H22N4.